The van der Waals surface area contributed by atoms with Crippen LogP contribution in [0.2, 0.25) is 0 Å². The fourth-order valence-corrected chi connectivity index (χ4v) is 10.1. The minimum absolute atomic E-state index is 0. The van der Waals surface area contributed by atoms with Crippen LogP contribution in [0.1, 0.15) is 145 Å². The van der Waals surface area contributed by atoms with E-state index in [0.717, 1.165) is 107 Å². The molecule has 9 aromatic rings. The Bertz CT molecular complexity index is 4300. The van der Waals surface area contributed by atoms with Crippen molar-refractivity contribution in [2.75, 3.05) is 52.1 Å². The van der Waals surface area contributed by atoms with Crippen LogP contribution in [-0.4, -0.2) is 154 Å². The van der Waals surface area contributed by atoms with E-state index in [1.54, 1.807) is 82.8 Å². The predicted octanol–water partition coefficient (Wildman–Crippen LogP) is -2.87. The number of esters is 3. The van der Waals surface area contributed by atoms with Crippen molar-refractivity contribution in [3.8, 4) is 0 Å². The van der Waals surface area contributed by atoms with Crippen molar-refractivity contribution in [3.05, 3.63) is 204 Å². The van der Waals surface area contributed by atoms with E-state index in [1.807, 2.05) is 45.0 Å². The van der Waals surface area contributed by atoms with E-state index >= 15 is 0 Å². The molecule has 0 unspecified atom stereocenters. The van der Waals surface area contributed by atoms with Gasteiger partial charge in [-0.2, -0.15) is 40.9 Å². The summed E-state index contributed by atoms with van der Waals surface area (Å²) in [6.07, 6.45) is 4.09. The Kier molecular flexibility index (Phi) is 54.7. The zero-order valence-electron chi connectivity index (χ0n) is 64.7. The second-order valence-corrected chi connectivity index (χ2v) is 24.1. The third-order valence-electron chi connectivity index (χ3n) is 13.4. The Labute approximate surface area is 697 Å². The standard InChI is InChI=1S/C20H20F3N7O2S.C13H17NO4.C12H16N6OS.C10H13NO2.C8H9NO2.C6H3F4N.CH3F.ClH.3Li.H2O/c1-24-18(32)19-30-29-17(33-19)5-3-2-4-13-6-7-15(28-27-13)26-16(31)11-14-10-12(8-9-25-14)20(21,22)23;1-4-17-12(15)11(13(16)18-5-2)10-8-9(3)6-7-14-10;1-14-11(19)12-18-17-10(20-12)5-3-2-4-8-6-7-9(13)16-15-8;1-3-13-10(12)7-9-6-8(2)4-5-11-9;1-6-2-3-9-7(4-6)5-8(10)11;7-5-3-4(1-2-11-5)6(8,9)10;1-2;;;;;/h6-10H,2-5,11H2,1H3,(H,24,32)(H,26,28,31);6-8,11H,4-5H2,1-3H3;6-7H,2-5H2,1H3,(H2,13,16)(H,14,19);4-6H,3,7H2,1-2H3;2-4H,5H2,1H3,(H,10,11);1-3H;1H3;1H;;;;1H2/q;;;;;;;;3*+1;/p-3/i;;;;;;1D;;;;;. The van der Waals surface area contributed by atoms with Gasteiger partial charge in [-0.25, -0.2) is 4.98 Å². The molecule has 43 heteroatoms. The predicted molar refractivity (Wildman–Crippen MR) is 380 cm³/mol. The van der Waals surface area contributed by atoms with Gasteiger partial charge in [0.05, 0.1) is 80.8 Å². The molecule has 6 N–H and O–H groups in total. The Morgan fingerprint density at radius 1 is 0.522 bits per heavy atom. The number of alkyl halides is 7. The van der Waals surface area contributed by atoms with E-state index in [1.165, 1.54) is 29.7 Å². The monoisotopic (exact) mass is 1620 g/mol. The molecule has 9 heterocycles. The molecule has 3 amide bonds. The van der Waals surface area contributed by atoms with Gasteiger partial charge < -0.3 is 63.7 Å². The second kappa shape index (κ2) is 58.5. The molecular weight excluding hydrogens is 1540 g/mol. The molecule has 9 rings (SSSR count). The Hall–Kier alpha value is -9.40. The van der Waals surface area contributed by atoms with E-state index in [0.29, 0.717) is 58.8 Å². The quantitative estimate of drug-likeness (QED) is 0.00849. The SMILES string of the molecule is CCOC(=O)C(C(=O)OCC)c1cc(C)ccn1.CCOC(=O)Cc1cc(C)ccn1.CNC(=O)c1nnc(CCCCc2ccc(N)nn2)s1.CNC(=O)c1nnc(CCCCc2ccc(NC(=O)Cc3cc(C(F)(F)F)ccn3)nn2)s1.Cc1ccnc(CC(=O)[O-])c1.Fc1cc(C(F)(F)F)ccn1.[2H]CF.[Cl-].[Li+].[Li+].[Li+].[OH-]. The number of nitrogens with zero attached hydrogens (tertiary/aromatic N) is 13. The number of unbranched alkanes of at least 4 members (excludes halogenated alkanes) is 2. The minimum Gasteiger partial charge on any atom is -1.00 e. The van der Waals surface area contributed by atoms with Crippen LogP contribution in [0, 0.1) is 26.7 Å². The van der Waals surface area contributed by atoms with Gasteiger partial charge in [0, 0.05) is 82.1 Å². The third kappa shape index (κ3) is 44.0. The van der Waals surface area contributed by atoms with E-state index < -0.39 is 66.3 Å². The minimum atomic E-state index is -4.50. The first kappa shape index (κ1) is 106. The average Bonchev–Trinajstić information content (AvgIpc) is 1.05. The summed E-state index contributed by atoms with van der Waals surface area (Å²) in [5, 5.41) is 51.6. The number of aromatic nitrogens is 13. The Balaban J connectivity index is -0.00000134. The van der Waals surface area contributed by atoms with Crippen molar-refractivity contribution in [2.24, 2.45) is 0 Å². The molecule has 113 heavy (non-hydrogen) atoms. The molecule has 0 spiro atoms. The van der Waals surface area contributed by atoms with Crippen LogP contribution in [0.4, 0.5) is 46.8 Å². The number of carboxylic acid groups (broad SMARTS) is 1. The molecule has 0 fully saturated rings. The first-order chi connectivity index (χ1) is 51.8. The maximum absolute atomic E-state index is 12.8. The molecule has 0 saturated carbocycles. The molecule has 0 atom stereocenters. The molecular formula is C70H81ClF8Li3N17O12S2. The number of aliphatic carboxylic acids is 1. The number of nitrogens with one attached hydrogen (secondary N) is 3. The van der Waals surface area contributed by atoms with Gasteiger partial charge in [0.2, 0.25) is 21.9 Å². The van der Waals surface area contributed by atoms with Crippen molar-refractivity contribution in [1.29, 1.82) is 0 Å². The number of carboxylic acids is 1. The number of hydrogen-bond acceptors (Lipinski definition) is 28. The molecule has 0 aromatic carbocycles. The number of amides is 3. The number of anilines is 2. The average molecular weight is 1630 g/mol. The molecule has 9 aromatic heterocycles. The van der Waals surface area contributed by atoms with Crippen LogP contribution in [0.5, 0.6) is 0 Å². The van der Waals surface area contributed by atoms with Gasteiger partial charge >= 0.3 is 86.8 Å². The Morgan fingerprint density at radius 2 is 0.938 bits per heavy atom. The van der Waals surface area contributed by atoms with Crippen molar-refractivity contribution < 1.29 is 164 Å². The number of carbonyl (C=O) groups excluding carboxylic acids is 7. The van der Waals surface area contributed by atoms with Gasteiger partial charge in [-0.1, -0.05) is 22.7 Å². The topological polar surface area (TPSA) is 430 Å². The van der Waals surface area contributed by atoms with Crippen molar-refractivity contribution in [3.63, 3.8) is 0 Å². The van der Waals surface area contributed by atoms with Crippen molar-refractivity contribution in [2.45, 2.75) is 130 Å². The van der Waals surface area contributed by atoms with Crippen LogP contribution in [0.15, 0.2) is 116 Å². The van der Waals surface area contributed by atoms with Gasteiger partial charge in [0.25, 0.3) is 11.8 Å². The van der Waals surface area contributed by atoms with E-state index in [9.17, 15) is 73.8 Å². The first-order valence-electron chi connectivity index (χ1n) is 33.4. The smallest absolute Gasteiger partial charge is 1.00 e. The largest absolute Gasteiger partial charge is 1.00 e. The van der Waals surface area contributed by atoms with E-state index in [4.69, 9.17) is 21.3 Å². The number of rotatable bonds is 25. The van der Waals surface area contributed by atoms with Crippen molar-refractivity contribution in [1.82, 2.24) is 76.3 Å². The second-order valence-electron chi connectivity index (χ2n) is 21.9. The number of halogens is 9. The molecule has 0 saturated heterocycles. The number of hydrogen-bond donors (Lipinski definition) is 4. The fraction of sp³-hybridized carbons (Fsp3) is 0.371. The van der Waals surface area contributed by atoms with Crippen LogP contribution in [0.25, 0.3) is 0 Å². The van der Waals surface area contributed by atoms with Crippen LogP contribution >= 0.6 is 22.7 Å². The van der Waals surface area contributed by atoms with Gasteiger partial charge in [-0.15, -0.1) is 30.6 Å². The number of nitrogens with two attached hydrogens (primary N) is 1. The molecule has 0 aliphatic rings. The van der Waals surface area contributed by atoms with Gasteiger partial charge in [0.15, 0.2) is 11.7 Å². The van der Waals surface area contributed by atoms with Crippen LogP contribution in [-0.2, 0) is 95.5 Å². The fourth-order valence-electron chi connectivity index (χ4n) is 8.42. The van der Waals surface area contributed by atoms with Crippen molar-refractivity contribution >= 4 is 75.9 Å². The summed E-state index contributed by atoms with van der Waals surface area (Å²) < 4.78 is 116. The zero-order chi connectivity index (χ0) is 80.9. The molecule has 0 bridgehead atoms. The summed E-state index contributed by atoms with van der Waals surface area (Å²) in [6.45, 7) is 11.7. The van der Waals surface area contributed by atoms with Gasteiger partial charge in [-0.05, 0) is 176 Å². The number of aryl methyl sites for hydroxylation is 7. The number of ether oxygens (including phenoxy) is 3. The summed E-state index contributed by atoms with van der Waals surface area (Å²) in [6, 6.07) is 20.5. The maximum atomic E-state index is 12.8. The number of pyridine rings is 5. The summed E-state index contributed by atoms with van der Waals surface area (Å²) >= 11 is 2.59. The molecule has 0 aliphatic carbocycles. The molecule has 596 valence electrons. The summed E-state index contributed by atoms with van der Waals surface area (Å²) in [5.41, 5.74) is 9.96. The number of carbonyl (C=O) groups is 7. The molecule has 0 aliphatic heterocycles. The molecule has 0 radical (unpaired) electrons. The Morgan fingerprint density at radius 3 is 1.34 bits per heavy atom. The van der Waals surface area contributed by atoms with Gasteiger partial charge in [0.1, 0.15) is 15.8 Å². The van der Waals surface area contributed by atoms with Crippen LogP contribution in [0.3, 0.4) is 0 Å². The van der Waals surface area contributed by atoms with Gasteiger partial charge in [-0.3, -0.25) is 53.1 Å². The normalized spacial score (nSPS) is 10.1. The first-order valence-corrected chi connectivity index (χ1v) is 34.3. The summed E-state index contributed by atoms with van der Waals surface area (Å²) in [7, 11) is 2.12. The molecule has 29 nitrogen and oxygen atoms in total. The van der Waals surface area contributed by atoms with Crippen LogP contribution < -0.4 is 95.8 Å². The van der Waals surface area contributed by atoms with E-state index in [2.05, 4.69) is 81.7 Å². The van der Waals surface area contributed by atoms with E-state index in [-0.39, 0.29) is 136 Å². The summed E-state index contributed by atoms with van der Waals surface area (Å²) in [4.78, 5) is 98.5. The maximum Gasteiger partial charge on any atom is 1.00 e. The number of nitrogen functional groups attached to an aromatic ring is 1. The summed E-state index contributed by atoms with van der Waals surface area (Å²) in [5.74, 6) is -5.16. The zero-order valence-corrected chi connectivity index (χ0v) is 66.1. The third-order valence-corrected chi connectivity index (χ3v) is 15.3.